The van der Waals surface area contributed by atoms with Gasteiger partial charge in [-0.05, 0) is 6.07 Å². The van der Waals surface area contributed by atoms with Crippen LogP contribution in [0.5, 0.6) is 5.75 Å². The summed E-state index contributed by atoms with van der Waals surface area (Å²) in [7, 11) is 4.96. The van der Waals surface area contributed by atoms with Crippen molar-refractivity contribution in [1.82, 2.24) is 15.1 Å². The number of carbonyl (C=O) groups is 2. The van der Waals surface area contributed by atoms with E-state index in [1.165, 1.54) is 0 Å². The predicted octanol–water partition coefficient (Wildman–Crippen LogP) is 0.491. The van der Waals surface area contributed by atoms with E-state index in [0.717, 1.165) is 11.3 Å². The first-order chi connectivity index (χ1) is 12.1. The van der Waals surface area contributed by atoms with Gasteiger partial charge in [0.25, 0.3) is 0 Å². The Kier molecular flexibility index (Phi) is 7.21. The fourth-order valence-corrected chi connectivity index (χ4v) is 2.90. The number of piperazine rings is 1. The first kappa shape index (κ1) is 19.2. The molecule has 7 heteroatoms. The van der Waals surface area contributed by atoms with Gasteiger partial charge in [0.2, 0.25) is 11.8 Å². The van der Waals surface area contributed by atoms with Gasteiger partial charge in [-0.2, -0.15) is 0 Å². The van der Waals surface area contributed by atoms with Crippen molar-refractivity contribution in [3.63, 3.8) is 0 Å². The minimum absolute atomic E-state index is 0.0656. The van der Waals surface area contributed by atoms with Crippen LogP contribution in [0, 0.1) is 0 Å². The van der Waals surface area contributed by atoms with Crippen LogP contribution < -0.4 is 10.1 Å². The van der Waals surface area contributed by atoms with Gasteiger partial charge < -0.3 is 19.7 Å². The standard InChI is InChI=1S/C18H27N3O4/c1-20(10-11-24-2)17(22)12-15-18(23)19-8-9-21(15)13-14-6-4-5-7-16(14)25-3/h4-7,15H,8-13H2,1-3H3,(H,19,23). The third kappa shape index (κ3) is 5.17. The molecule has 1 aliphatic heterocycles. The molecule has 2 amide bonds. The molecular weight excluding hydrogens is 322 g/mol. The maximum Gasteiger partial charge on any atom is 0.237 e. The minimum Gasteiger partial charge on any atom is -0.496 e. The Morgan fingerprint density at radius 3 is 2.84 bits per heavy atom. The lowest BCUT2D eigenvalue weighted by molar-refractivity contribution is -0.138. The van der Waals surface area contributed by atoms with E-state index in [4.69, 9.17) is 9.47 Å². The number of hydrogen-bond donors (Lipinski definition) is 1. The SMILES string of the molecule is COCCN(C)C(=O)CC1C(=O)NCCN1Cc1ccccc1OC. The van der Waals surface area contributed by atoms with Crippen LogP contribution in [-0.4, -0.2) is 75.2 Å². The van der Waals surface area contributed by atoms with Gasteiger partial charge in [0.05, 0.1) is 26.2 Å². The molecule has 0 spiro atoms. The highest BCUT2D eigenvalue weighted by molar-refractivity contribution is 5.88. The molecule has 25 heavy (non-hydrogen) atoms. The van der Waals surface area contributed by atoms with Crippen molar-refractivity contribution in [2.45, 2.75) is 19.0 Å². The lowest BCUT2D eigenvalue weighted by atomic mass is 10.1. The number of nitrogens with one attached hydrogen (secondary N) is 1. The molecule has 1 aromatic rings. The van der Waals surface area contributed by atoms with Crippen LogP contribution in [0.4, 0.5) is 0 Å². The third-order valence-corrected chi connectivity index (χ3v) is 4.43. The number of hydrogen-bond acceptors (Lipinski definition) is 5. The zero-order chi connectivity index (χ0) is 18.2. The first-order valence-corrected chi connectivity index (χ1v) is 8.43. The molecule has 0 saturated carbocycles. The fraction of sp³-hybridized carbons (Fsp3) is 0.556. The lowest BCUT2D eigenvalue weighted by Gasteiger charge is -2.35. The van der Waals surface area contributed by atoms with Gasteiger partial charge in [0, 0.05) is 45.9 Å². The topological polar surface area (TPSA) is 71.1 Å². The molecule has 1 atom stereocenters. The summed E-state index contributed by atoms with van der Waals surface area (Å²) in [5.41, 5.74) is 1.00. The summed E-state index contributed by atoms with van der Waals surface area (Å²) < 4.78 is 10.4. The smallest absolute Gasteiger partial charge is 0.237 e. The van der Waals surface area contributed by atoms with E-state index in [0.29, 0.717) is 32.8 Å². The quantitative estimate of drug-likeness (QED) is 0.740. The third-order valence-electron chi connectivity index (χ3n) is 4.43. The van der Waals surface area contributed by atoms with Crippen LogP contribution in [0.1, 0.15) is 12.0 Å². The average Bonchev–Trinajstić information content (AvgIpc) is 2.62. The van der Waals surface area contributed by atoms with Gasteiger partial charge >= 0.3 is 0 Å². The summed E-state index contributed by atoms with van der Waals surface area (Å²) in [6.07, 6.45) is 0.154. The molecule has 0 bridgehead atoms. The first-order valence-electron chi connectivity index (χ1n) is 8.43. The highest BCUT2D eigenvalue weighted by Gasteiger charge is 2.32. The number of amides is 2. The molecule has 1 N–H and O–H groups in total. The Balaban J connectivity index is 2.07. The summed E-state index contributed by atoms with van der Waals surface area (Å²) >= 11 is 0. The van der Waals surface area contributed by atoms with Gasteiger partial charge in [-0.25, -0.2) is 0 Å². The van der Waals surface area contributed by atoms with E-state index in [2.05, 4.69) is 5.32 Å². The minimum atomic E-state index is -0.476. The van der Waals surface area contributed by atoms with Crippen LogP contribution in [0.25, 0.3) is 0 Å². The summed E-state index contributed by atoms with van der Waals surface area (Å²) in [5.74, 6) is 0.620. The van der Waals surface area contributed by atoms with Crippen molar-refractivity contribution in [3.8, 4) is 5.75 Å². The molecule has 2 rings (SSSR count). The maximum absolute atomic E-state index is 12.4. The second kappa shape index (κ2) is 9.39. The zero-order valence-corrected chi connectivity index (χ0v) is 15.2. The largest absolute Gasteiger partial charge is 0.496 e. The Bertz CT molecular complexity index is 593. The van der Waals surface area contributed by atoms with Crippen LogP contribution in [0.2, 0.25) is 0 Å². The van der Waals surface area contributed by atoms with Gasteiger partial charge in [0.1, 0.15) is 5.75 Å². The van der Waals surface area contributed by atoms with E-state index >= 15 is 0 Å². The van der Waals surface area contributed by atoms with Crippen molar-refractivity contribution in [2.75, 3.05) is 47.5 Å². The molecule has 1 saturated heterocycles. The van der Waals surface area contributed by atoms with E-state index in [1.807, 2.05) is 29.2 Å². The summed E-state index contributed by atoms with van der Waals surface area (Å²) in [6.45, 7) is 2.83. The molecule has 0 aliphatic carbocycles. The number of likely N-dealkylation sites (N-methyl/N-ethyl adjacent to an activating group) is 1. The molecule has 1 aliphatic rings. The second-order valence-electron chi connectivity index (χ2n) is 6.10. The number of para-hydroxylation sites is 1. The van der Waals surface area contributed by atoms with E-state index in [-0.39, 0.29) is 18.2 Å². The number of methoxy groups -OCH3 is 2. The van der Waals surface area contributed by atoms with Crippen LogP contribution in [0.15, 0.2) is 24.3 Å². The second-order valence-corrected chi connectivity index (χ2v) is 6.10. The molecule has 0 aromatic heterocycles. The molecular formula is C18H27N3O4. The average molecular weight is 349 g/mol. The van der Waals surface area contributed by atoms with Crippen molar-refractivity contribution in [1.29, 1.82) is 0 Å². The number of rotatable bonds is 8. The maximum atomic E-state index is 12.4. The molecule has 7 nitrogen and oxygen atoms in total. The predicted molar refractivity (Wildman–Crippen MR) is 94.3 cm³/mol. The van der Waals surface area contributed by atoms with Gasteiger partial charge in [-0.3, -0.25) is 14.5 Å². The van der Waals surface area contributed by atoms with Crippen LogP contribution >= 0.6 is 0 Å². The number of nitrogens with zero attached hydrogens (tertiary/aromatic N) is 2. The Morgan fingerprint density at radius 1 is 1.36 bits per heavy atom. The highest BCUT2D eigenvalue weighted by atomic mass is 16.5. The molecule has 1 fully saturated rings. The zero-order valence-electron chi connectivity index (χ0n) is 15.2. The molecule has 1 unspecified atom stereocenters. The van der Waals surface area contributed by atoms with Crippen molar-refractivity contribution in [2.24, 2.45) is 0 Å². The number of ether oxygens (including phenoxy) is 2. The van der Waals surface area contributed by atoms with Crippen molar-refractivity contribution in [3.05, 3.63) is 29.8 Å². The van der Waals surface area contributed by atoms with Gasteiger partial charge in [-0.1, -0.05) is 18.2 Å². The van der Waals surface area contributed by atoms with E-state index < -0.39 is 6.04 Å². The van der Waals surface area contributed by atoms with E-state index in [9.17, 15) is 9.59 Å². The Labute approximate surface area is 148 Å². The molecule has 138 valence electrons. The Morgan fingerprint density at radius 2 is 2.12 bits per heavy atom. The Hall–Kier alpha value is -2.12. The number of carbonyl (C=O) groups excluding carboxylic acids is 2. The normalized spacial score (nSPS) is 17.9. The summed E-state index contributed by atoms with van der Waals surface area (Å²) in [4.78, 5) is 28.4. The van der Waals surface area contributed by atoms with E-state index in [1.54, 1.807) is 26.2 Å². The van der Waals surface area contributed by atoms with Crippen molar-refractivity contribution < 1.29 is 19.1 Å². The van der Waals surface area contributed by atoms with Gasteiger partial charge in [-0.15, -0.1) is 0 Å². The molecule has 1 heterocycles. The molecule has 0 radical (unpaired) electrons. The van der Waals surface area contributed by atoms with Crippen molar-refractivity contribution >= 4 is 11.8 Å². The molecule has 1 aromatic carbocycles. The lowest BCUT2D eigenvalue weighted by Crippen LogP contribution is -2.56. The van der Waals surface area contributed by atoms with Crippen LogP contribution in [-0.2, 0) is 20.9 Å². The summed E-state index contributed by atoms with van der Waals surface area (Å²) in [6, 6.07) is 7.26. The fourth-order valence-electron chi connectivity index (χ4n) is 2.90. The van der Waals surface area contributed by atoms with Gasteiger partial charge in [0.15, 0.2) is 0 Å². The highest BCUT2D eigenvalue weighted by Crippen LogP contribution is 2.22. The number of benzene rings is 1. The van der Waals surface area contributed by atoms with Crippen LogP contribution in [0.3, 0.4) is 0 Å². The monoisotopic (exact) mass is 349 g/mol. The summed E-state index contributed by atoms with van der Waals surface area (Å²) in [5, 5.41) is 2.86.